The highest BCUT2D eigenvalue weighted by Gasteiger charge is 2.23. The lowest BCUT2D eigenvalue weighted by atomic mass is 10.2. The molecule has 3 heterocycles. The number of aromatic nitrogens is 4. The van der Waals surface area contributed by atoms with Crippen LogP contribution >= 0.6 is 11.6 Å². The summed E-state index contributed by atoms with van der Waals surface area (Å²) in [5.74, 6) is 0.513. The lowest BCUT2D eigenvalue weighted by Crippen LogP contribution is -2.20. The van der Waals surface area contributed by atoms with Crippen molar-refractivity contribution in [1.29, 1.82) is 0 Å². The molecule has 2 aromatic rings. The van der Waals surface area contributed by atoms with Crippen LogP contribution in [0.3, 0.4) is 0 Å². The van der Waals surface area contributed by atoms with Crippen LogP contribution in [0.2, 0.25) is 5.15 Å². The zero-order valence-corrected chi connectivity index (χ0v) is 10.5. The van der Waals surface area contributed by atoms with Crippen molar-refractivity contribution in [2.45, 2.75) is 32.1 Å². The van der Waals surface area contributed by atoms with Gasteiger partial charge in [0.1, 0.15) is 30.5 Å². The molecule has 0 radical (unpaired) electrons. The van der Waals surface area contributed by atoms with Crippen molar-refractivity contribution in [3.63, 3.8) is 0 Å². The van der Waals surface area contributed by atoms with Crippen molar-refractivity contribution < 1.29 is 9.84 Å². The van der Waals surface area contributed by atoms with E-state index in [1.54, 1.807) is 0 Å². The normalized spacial score (nSPS) is 20.4. The van der Waals surface area contributed by atoms with Gasteiger partial charge in [-0.15, -0.1) is 0 Å². The number of hydrogen-bond acceptors (Lipinski definition) is 5. The second kappa shape index (κ2) is 4.79. The summed E-state index contributed by atoms with van der Waals surface area (Å²) >= 11 is 5.99. The van der Waals surface area contributed by atoms with Gasteiger partial charge in [-0.25, -0.2) is 15.0 Å². The third-order valence-electron chi connectivity index (χ3n) is 3.09. The maximum atomic E-state index is 9.41. The van der Waals surface area contributed by atoms with E-state index in [4.69, 9.17) is 16.3 Å². The summed E-state index contributed by atoms with van der Waals surface area (Å²) in [6, 6.07) is 0. The second-order valence-corrected chi connectivity index (χ2v) is 4.57. The van der Waals surface area contributed by atoms with Crippen LogP contribution in [0.15, 0.2) is 6.33 Å². The molecular weight excluding hydrogens is 256 g/mol. The molecule has 1 aliphatic heterocycles. The van der Waals surface area contributed by atoms with Gasteiger partial charge in [0.25, 0.3) is 0 Å². The number of halogens is 1. The van der Waals surface area contributed by atoms with E-state index in [2.05, 4.69) is 15.0 Å². The van der Waals surface area contributed by atoms with Gasteiger partial charge in [0.2, 0.25) is 0 Å². The Bertz CT molecular complexity index is 565. The molecule has 0 aromatic carbocycles. The van der Waals surface area contributed by atoms with Crippen molar-refractivity contribution in [2.24, 2.45) is 0 Å². The Balaban J connectivity index is 2.16. The van der Waals surface area contributed by atoms with Gasteiger partial charge < -0.3 is 9.84 Å². The van der Waals surface area contributed by atoms with Crippen LogP contribution in [0.25, 0.3) is 11.2 Å². The molecule has 1 unspecified atom stereocenters. The summed E-state index contributed by atoms with van der Waals surface area (Å²) in [6.45, 7) is 0.542. The van der Waals surface area contributed by atoms with Crippen LogP contribution in [0.1, 0.15) is 31.3 Å². The summed E-state index contributed by atoms with van der Waals surface area (Å²) < 4.78 is 7.54. The van der Waals surface area contributed by atoms with Gasteiger partial charge in [-0.05, 0) is 19.3 Å². The van der Waals surface area contributed by atoms with Crippen molar-refractivity contribution in [3.8, 4) is 0 Å². The number of hydrogen-bond donors (Lipinski definition) is 1. The van der Waals surface area contributed by atoms with E-state index in [1.807, 2.05) is 4.57 Å². The van der Waals surface area contributed by atoms with Gasteiger partial charge in [0.15, 0.2) is 10.8 Å². The smallest absolute Gasteiger partial charge is 0.167 e. The van der Waals surface area contributed by atoms with E-state index in [0.29, 0.717) is 28.7 Å². The van der Waals surface area contributed by atoms with Gasteiger partial charge in [-0.3, -0.25) is 4.57 Å². The molecule has 6 nitrogen and oxygen atoms in total. The molecule has 0 amide bonds. The Hall–Kier alpha value is -1.24. The molecule has 0 spiro atoms. The number of ether oxygens (including phenoxy) is 1. The number of nitrogens with zero attached hydrogens (tertiary/aromatic N) is 4. The van der Waals surface area contributed by atoms with Crippen molar-refractivity contribution in [3.05, 3.63) is 17.3 Å². The van der Waals surface area contributed by atoms with E-state index in [1.165, 1.54) is 6.33 Å². The highest BCUT2D eigenvalue weighted by atomic mass is 35.5. The quantitative estimate of drug-likeness (QED) is 0.839. The average Bonchev–Trinajstić information content (AvgIpc) is 2.80. The first-order chi connectivity index (χ1) is 8.81. The summed E-state index contributed by atoms with van der Waals surface area (Å²) in [6.07, 6.45) is 4.31. The highest BCUT2D eigenvalue weighted by molar-refractivity contribution is 6.33. The number of imidazole rings is 1. The molecule has 0 aliphatic carbocycles. The van der Waals surface area contributed by atoms with Crippen LogP contribution in [0, 0.1) is 0 Å². The lowest BCUT2D eigenvalue weighted by molar-refractivity contribution is -0.0329. The van der Waals surface area contributed by atoms with E-state index in [0.717, 1.165) is 19.3 Å². The number of rotatable bonds is 2. The van der Waals surface area contributed by atoms with Crippen LogP contribution in [-0.4, -0.2) is 31.2 Å². The zero-order chi connectivity index (χ0) is 12.5. The third kappa shape index (κ3) is 1.86. The third-order valence-corrected chi connectivity index (χ3v) is 3.37. The summed E-state index contributed by atoms with van der Waals surface area (Å²) in [7, 11) is 0. The molecule has 1 fully saturated rings. The number of aliphatic hydroxyl groups is 1. The van der Waals surface area contributed by atoms with Gasteiger partial charge in [0, 0.05) is 6.61 Å². The fourth-order valence-corrected chi connectivity index (χ4v) is 2.44. The molecule has 1 atom stereocenters. The minimum atomic E-state index is -0.174. The molecule has 2 aromatic heterocycles. The molecule has 3 rings (SSSR count). The predicted molar refractivity (Wildman–Crippen MR) is 65.1 cm³/mol. The second-order valence-electron chi connectivity index (χ2n) is 4.21. The Morgan fingerprint density at radius 1 is 1.44 bits per heavy atom. The SMILES string of the molecule is OCc1nc2c(Cl)ncnc2n1C1CCCCO1. The topological polar surface area (TPSA) is 73.1 Å². The van der Waals surface area contributed by atoms with Crippen molar-refractivity contribution in [1.82, 2.24) is 19.5 Å². The molecule has 1 N–H and O–H groups in total. The van der Waals surface area contributed by atoms with Crippen molar-refractivity contribution >= 4 is 22.8 Å². The maximum Gasteiger partial charge on any atom is 0.167 e. The molecule has 0 saturated carbocycles. The number of fused-ring (bicyclic) bond motifs is 1. The summed E-state index contributed by atoms with van der Waals surface area (Å²) in [4.78, 5) is 12.4. The van der Waals surface area contributed by atoms with Crippen LogP contribution in [0.4, 0.5) is 0 Å². The van der Waals surface area contributed by atoms with Gasteiger partial charge in [0.05, 0.1) is 0 Å². The standard InChI is InChI=1S/C11H13ClN4O2/c12-10-9-11(14-6-13-10)16(7(5-17)15-9)8-3-1-2-4-18-8/h6,8,17H,1-5H2. The maximum absolute atomic E-state index is 9.41. The highest BCUT2D eigenvalue weighted by Crippen LogP contribution is 2.29. The molecule has 7 heteroatoms. The summed E-state index contributed by atoms with van der Waals surface area (Å²) in [5, 5.41) is 9.71. The molecular formula is C11H13ClN4O2. The molecule has 18 heavy (non-hydrogen) atoms. The van der Waals surface area contributed by atoms with E-state index in [9.17, 15) is 5.11 Å². The first-order valence-corrected chi connectivity index (χ1v) is 6.29. The minimum absolute atomic E-state index is 0.128. The van der Waals surface area contributed by atoms with Crippen LogP contribution < -0.4 is 0 Å². The van der Waals surface area contributed by atoms with Crippen LogP contribution in [-0.2, 0) is 11.3 Å². The fraction of sp³-hybridized carbons (Fsp3) is 0.545. The van der Waals surface area contributed by atoms with Gasteiger partial charge in [-0.1, -0.05) is 11.6 Å². The zero-order valence-electron chi connectivity index (χ0n) is 9.71. The van der Waals surface area contributed by atoms with Gasteiger partial charge >= 0.3 is 0 Å². The largest absolute Gasteiger partial charge is 0.388 e. The number of aliphatic hydroxyl groups excluding tert-OH is 1. The summed E-state index contributed by atoms with van der Waals surface area (Å²) in [5.41, 5.74) is 1.13. The van der Waals surface area contributed by atoms with Crippen LogP contribution in [0.5, 0.6) is 0 Å². The van der Waals surface area contributed by atoms with E-state index in [-0.39, 0.29) is 12.8 Å². The first-order valence-electron chi connectivity index (χ1n) is 5.91. The molecule has 0 bridgehead atoms. The average molecular weight is 269 g/mol. The Labute approximate surface area is 109 Å². The Morgan fingerprint density at radius 3 is 3.06 bits per heavy atom. The van der Waals surface area contributed by atoms with E-state index < -0.39 is 0 Å². The molecule has 1 aliphatic rings. The predicted octanol–water partition coefficient (Wildman–Crippen LogP) is 1.67. The first kappa shape index (κ1) is 11.8. The molecule has 96 valence electrons. The van der Waals surface area contributed by atoms with Crippen molar-refractivity contribution in [2.75, 3.05) is 6.61 Å². The minimum Gasteiger partial charge on any atom is -0.388 e. The van der Waals surface area contributed by atoms with Gasteiger partial charge in [-0.2, -0.15) is 0 Å². The Kier molecular flexibility index (Phi) is 3.15. The molecule has 1 saturated heterocycles. The Morgan fingerprint density at radius 2 is 2.33 bits per heavy atom. The fourth-order valence-electron chi connectivity index (χ4n) is 2.27. The van der Waals surface area contributed by atoms with E-state index >= 15 is 0 Å². The monoisotopic (exact) mass is 268 g/mol. The lowest BCUT2D eigenvalue weighted by Gasteiger charge is -2.25.